The second kappa shape index (κ2) is 8.86. The molecule has 0 saturated heterocycles. The van der Waals surface area contributed by atoms with Gasteiger partial charge in [0, 0.05) is 24.5 Å². The summed E-state index contributed by atoms with van der Waals surface area (Å²) in [5, 5.41) is 2.54. The molecule has 0 aliphatic rings. The second-order valence-corrected chi connectivity index (χ2v) is 8.88. The van der Waals surface area contributed by atoms with Crippen LogP contribution in [0.2, 0.25) is 0 Å². The minimum absolute atomic E-state index is 0.0350. The molecule has 0 unspecified atom stereocenters. The first-order valence-corrected chi connectivity index (χ1v) is 11.2. The van der Waals surface area contributed by atoms with Crippen molar-refractivity contribution in [2.24, 2.45) is 0 Å². The summed E-state index contributed by atoms with van der Waals surface area (Å²) in [6.07, 6.45) is 1.47. The molecule has 0 aliphatic carbocycles. The summed E-state index contributed by atoms with van der Waals surface area (Å²) in [6, 6.07) is 18.1. The number of carbonyl (C=O) groups excluding carboxylic acids is 1. The van der Waals surface area contributed by atoms with E-state index in [4.69, 9.17) is 0 Å². The van der Waals surface area contributed by atoms with Crippen molar-refractivity contribution in [3.05, 3.63) is 87.8 Å². The lowest BCUT2D eigenvalue weighted by Crippen LogP contribution is -2.33. The number of benzene rings is 2. The third-order valence-electron chi connectivity index (χ3n) is 5.44. The van der Waals surface area contributed by atoms with Crippen molar-refractivity contribution in [2.75, 3.05) is 7.05 Å². The van der Waals surface area contributed by atoms with Crippen LogP contribution in [0.3, 0.4) is 0 Å². The summed E-state index contributed by atoms with van der Waals surface area (Å²) >= 11 is 1.45. The Labute approximate surface area is 185 Å². The largest absolute Gasteiger partial charge is 0.340 e. The fourth-order valence-corrected chi connectivity index (χ4v) is 4.46. The van der Waals surface area contributed by atoms with Crippen LogP contribution in [0.15, 0.2) is 71.1 Å². The molecule has 0 fully saturated rings. The Kier molecular flexibility index (Phi) is 6.00. The lowest BCUT2D eigenvalue weighted by Gasteiger charge is -2.18. The molecule has 2 heterocycles. The number of hydrogen-bond donors (Lipinski definition) is 0. The average Bonchev–Trinajstić information content (AvgIpc) is 3.21. The highest BCUT2D eigenvalue weighted by Crippen LogP contribution is 2.31. The maximum absolute atomic E-state index is 13.2. The molecule has 0 N–H and O–H groups in total. The van der Waals surface area contributed by atoms with E-state index >= 15 is 0 Å². The molecule has 2 aromatic carbocycles. The van der Waals surface area contributed by atoms with E-state index in [-0.39, 0.29) is 18.0 Å². The van der Waals surface area contributed by atoms with Gasteiger partial charge in [0.2, 0.25) is 5.91 Å². The first-order valence-electron chi connectivity index (χ1n) is 10.3. The first-order chi connectivity index (χ1) is 14.9. The minimum atomic E-state index is -0.185. The van der Waals surface area contributed by atoms with E-state index in [9.17, 15) is 9.59 Å². The minimum Gasteiger partial charge on any atom is -0.340 e. The van der Waals surface area contributed by atoms with E-state index in [1.165, 1.54) is 27.8 Å². The predicted octanol–water partition coefficient (Wildman–Crippen LogP) is 4.91. The Hall–Kier alpha value is -3.25. The summed E-state index contributed by atoms with van der Waals surface area (Å²) in [5.41, 5.74) is 3.97. The van der Waals surface area contributed by atoms with Gasteiger partial charge in [0.1, 0.15) is 11.4 Å². The Bertz CT molecular complexity index is 1260. The number of fused-ring (bicyclic) bond motifs is 1. The van der Waals surface area contributed by atoms with E-state index < -0.39 is 0 Å². The molecule has 2 aromatic heterocycles. The van der Waals surface area contributed by atoms with Crippen molar-refractivity contribution in [3.8, 4) is 11.1 Å². The zero-order valence-electron chi connectivity index (χ0n) is 17.9. The lowest BCUT2D eigenvalue weighted by molar-refractivity contribution is -0.131. The Morgan fingerprint density at radius 3 is 2.48 bits per heavy atom. The van der Waals surface area contributed by atoms with Crippen LogP contribution in [0.1, 0.15) is 30.9 Å². The highest BCUT2D eigenvalue weighted by Gasteiger charge is 2.16. The number of rotatable bonds is 6. The maximum Gasteiger partial charge on any atom is 0.263 e. The number of carbonyl (C=O) groups is 1. The number of aromatic nitrogens is 2. The van der Waals surface area contributed by atoms with Crippen molar-refractivity contribution in [2.45, 2.75) is 32.9 Å². The Morgan fingerprint density at radius 1 is 1.10 bits per heavy atom. The fraction of sp³-hybridized carbons (Fsp3) is 0.240. The van der Waals surface area contributed by atoms with Crippen LogP contribution in [-0.4, -0.2) is 27.4 Å². The van der Waals surface area contributed by atoms with E-state index in [1.807, 2.05) is 47.8 Å². The monoisotopic (exact) mass is 431 g/mol. The molecule has 1 amide bonds. The van der Waals surface area contributed by atoms with Gasteiger partial charge in [-0.05, 0) is 22.6 Å². The molecule has 0 saturated carbocycles. The van der Waals surface area contributed by atoms with Gasteiger partial charge in [-0.3, -0.25) is 14.2 Å². The summed E-state index contributed by atoms with van der Waals surface area (Å²) in [5.74, 6) is 0.316. The topological polar surface area (TPSA) is 55.2 Å². The van der Waals surface area contributed by atoms with Crippen LogP contribution in [0.5, 0.6) is 0 Å². The molecule has 31 heavy (non-hydrogen) atoms. The van der Waals surface area contributed by atoms with Crippen molar-refractivity contribution < 1.29 is 4.79 Å². The third kappa shape index (κ3) is 4.44. The second-order valence-electron chi connectivity index (χ2n) is 8.02. The van der Waals surface area contributed by atoms with Gasteiger partial charge in [0.05, 0.1) is 11.7 Å². The zero-order valence-corrected chi connectivity index (χ0v) is 18.7. The molecular weight excluding hydrogens is 406 g/mol. The molecule has 6 heteroatoms. The molecule has 0 radical (unpaired) electrons. The molecule has 4 aromatic rings. The van der Waals surface area contributed by atoms with Crippen LogP contribution in [-0.2, 0) is 17.9 Å². The van der Waals surface area contributed by atoms with Crippen molar-refractivity contribution in [3.63, 3.8) is 0 Å². The highest BCUT2D eigenvalue weighted by atomic mass is 32.1. The molecule has 0 spiro atoms. The number of thiophene rings is 1. The zero-order chi connectivity index (χ0) is 22.0. The van der Waals surface area contributed by atoms with Crippen LogP contribution < -0.4 is 5.56 Å². The third-order valence-corrected chi connectivity index (χ3v) is 6.33. The number of hydrogen-bond acceptors (Lipinski definition) is 4. The van der Waals surface area contributed by atoms with Crippen LogP contribution in [0.4, 0.5) is 0 Å². The molecule has 0 atom stereocenters. The van der Waals surface area contributed by atoms with Gasteiger partial charge in [0.15, 0.2) is 0 Å². The molecule has 0 bridgehead atoms. The summed E-state index contributed by atoms with van der Waals surface area (Å²) in [6.45, 7) is 4.77. The van der Waals surface area contributed by atoms with Crippen LogP contribution in [0.25, 0.3) is 21.3 Å². The van der Waals surface area contributed by atoms with Gasteiger partial charge >= 0.3 is 0 Å². The summed E-state index contributed by atoms with van der Waals surface area (Å²) < 4.78 is 1.41. The molecule has 5 nitrogen and oxygen atoms in total. The lowest BCUT2D eigenvalue weighted by atomic mass is 9.99. The first kappa shape index (κ1) is 21.0. The summed E-state index contributed by atoms with van der Waals surface area (Å²) in [4.78, 5) is 32.7. The van der Waals surface area contributed by atoms with E-state index in [0.717, 1.165) is 16.7 Å². The standard InChI is InChI=1S/C25H25N3O2S/c1-17(2)19-9-11-20(12-10-19)21-15-31-24-23(21)25(30)28(16-26-24)14-22(29)27(3)13-18-7-5-4-6-8-18/h4-12,15-17H,13-14H2,1-3H3. The quantitative estimate of drug-likeness (QED) is 0.436. The SMILES string of the molecule is CC(C)c1ccc(-c2csc3ncn(CC(=O)N(C)Cc4ccccc4)c(=O)c23)cc1. The van der Waals surface area contributed by atoms with Gasteiger partial charge in [0.25, 0.3) is 5.56 Å². The number of amides is 1. The summed E-state index contributed by atoms with van der Waals surface area (Å²) in [7, 11) is 1.75. The van der Waals surface area contributed by atoms with Gasteiger partial charge in [-0.2, -0.15) is 0 Å². The predicted molar refractivity (Wildman–Crippen MR) is 126 cm³/mol. The van der Waals surface area contributed by atoms with Crippen LogP contribution in [0, 0.1) is 0 Å². The van der Waals surface area contributed by atoms with Crippen LogP contribution >= 0.6 is 11.3 Å². The smallest absolute Gasteiger partial charge is 0.263 e. The normalized spacial score (nSPS) is 11.2. The van der Waals surface area contributed by atoms with E-state index in [0.29, 0.717) is 22.7 Å². The van der Waals surface area contributed by atoms with Gasteiger partial charge in [-0.1, -0.05) is 68.4 Å². The van der Waals surface area contributed by atoms with Gasteiger partial charge in [-0.15, -0.1) is 11.3 Å². The highest BCUT2D eigenvalue weighted by molar-refractivity contribution is 7.17. The molecule has 4 rings (SSSR count). The molecule has 0 aliphatic heterocycles. The fourth-order valence-electron chi connectivity index (χ4n) is 3.55. The molecule has 158 valence electrons. The van der Waals surface area contributed by atoms with Crippen molar-refractivity contribution in [1.29, 1.82) is 0 Å². The van der Waals surface area contributed by atoms with Gasteiger partial charge in [-0.25, -0.2) is 4.98 Å². The Morgan fingerprint density at radius 2 is 1.81 bits per heavy atom. The number of nitrogens with zero attached hydrogens (tertiary/aromatic N) is 3. The van der Waals surface area contributed by atoms with Crippen molar-refractivity contribution >= 4 is 27.5 Å². The maximum atomic E-state index is 13.2. The van der Waals surface area contributed by atoms with Gasteiger partial charge < -0.3 is 4.90 Å². The molecular formula is C25H25N3O2S. The van der Waals surface area contributed by atoms with Crippen molar-refractivity contribution in [1.82, 2.24) is 14.5 Å². The Balaban J connectivity index is 1.61. The van der Waals surface area contributed by atoms with E-state index in [2.05, 4.69) is 31.0 Å². The number of likely N-dealkylation sites (N-methyl/N-ethyl adjacent to an activating group) is 1. The van der Waals surface area contributed by atoms with E-state index in [1.54, 1.807) is 11.9 Å². The average molecular weight is 432 g/mol.